The Labute approximate surface area is 93.4 Å². The van der Waals surface area contributed by atoms with E-state index in [1.165, 1.54) is 0 Å². The van der Waals surface area contributed by atoms with Crippen molar-refractivity contribution in [3.63, 3.8) is 0 Å². The van der Waals surface area contributed by atoms with Gasteiger partial charge in [-0.3, -0.25) is 9.59 Å². The summed E-state index contributed by atoms with van der Waals surface area (Å²) < 4.78 is 4.86. The van der Waals surface area contributed by atoms with Crippen LogP contribution in [0.15, 0.2) is 10.6 Å². The second kappa shape index (κ2) is 4.08. The Balaban J connectivity index is 2.08. The quantitative estimate of drug-likeness (QED) is 0.712. The maximum absolute atomic E-state index is 12.0. The van der Waals surface area contributed by atoms with Gasteiger partial charge in [0.25, 0.3) is 5.91 Å². The molecule has 1 atom stereocenters. The van der Waals surface area contributed by atoms with Crippen LogP contribution < -0.4 is 0 Å². The zero-order valence-electron chi connectivity index (χ0n) is 9.40. The molecule has 0 saturated carbocycles. The van der Waals surface area contributed by atoms with Crippen molar-refractivity contribution in [1.29, 1.82) is 0 Å². The number of aromatic nitrogens is 1. The predicted octanol–water partition coefficient (Wildman–Crippen LogP) is 1.03. The van der Waals surface area contributed by atoms with Crippen LogP contribution in [-0.4, -0.2) is 34.8 Å². The van der Waals surface area contributed by atoms with E-state index in [0.717, 1.165) is 0 Å². The smallest absolute Gasteiger partial charge is 0.276 e. The predicted molar refractivity (Wildman–Crippen MR) is 55.9 cm³/mol. The molecule has 1 fully saturated rings. The number of aryl methyl sites for hydroxylation is 1. The Bertz CT molecular complexity index is 425. The summed E-state index contributed by atoms with van der Waals surface area (Å²) in [5, 5.41) is 3.68. The Morgan fingerprint density at radius 2 is 2.38 bits per heavy atom. The second-order valence-corrected chi connectivity index (χ2v) is 4.19. The second-order valence-electron chi connectivity index (χ2n) is 4.19. The average Bonchev–Trinajstić information content (AvgIpc) is 2.68. The fourth-order valence-corrected chi connectivity index (χ4v) is 1.83. The Hall–Kier alpha value is -1.65. The van der Waals surface area contributed by atoms with Crippen LogP contribution in [0, 0.1) is 12.8 Å². The van der Waals surface area contributed by atoms with Crippen molar-refractivity contribution in [2.75, 3.05) is 13.1 Å². The van der Waals surface area contributed by atoms with Gasteiger partial charge in [0.1, 0.15) is 11.5 Å². The van der Waals surface area contributed by atoms with E-state index in [9.17, 15) is 9.59 Å². The normalized spacial score (nSPS) is 21.2. The van der Waals surface area contributed by atoms with E-state index in [4.69, 9.17) is 4.52 Å². The van der Waals surface area contributed by atoms with Crippen molar-refractivity contribution in [1.82, 2.24) is 10.1 Å². The minimum atomic E-state index is -0.156. The first-order valence-corrected chi connectivity index (χ1v) is 5.33. The topological polar surface area (TPSA) is 63.4 Å². The molecule has 0 bridgehead atoms. The largest absolute Gasteiger partial charge is 0.361 e. The Kier molecular flexibility index (Phi) is 2.77. The van der Waals surface area contributed by atoms with Crippen molar-refractivity contribution in [2.45, 2.75) is 20.3 Å². The summed E-state index contributed by atoms with van der Waals surface area (Å²) in [6.07, 6.45) is 0.434. The molecule has 1 saturated heterocycles. The average molecular weight is 222 g/mol. The maximum Gasteiger partial charge on any atom is 0.276 e. The lowest BCUT2D eigenvalue weighted by atomic mass is 9.98. The fourth-order valence-electron chi connectivity index (χ4n) is 1.83. The lowest BCUT2D eigenvalue weighted by Crippen LogP contribution is -2.43. The highest BCUT2D eigenvalue weighted by atomic mass is 16.5. The van der Waals surface area contributed by atoms with Gasteiger partial charge in [0.05, 0.1) is 0 Å². The molecule has 1 aliphatic heterocycles. The van der Waals surface area contributed by atoms with Crippen molar-refractivity contribution in [3.05, 3.63) is 17.5 Å². The van der Waals surface area contributed by atoms with E-state index in [2.05, 4.69) is 5.16 Å². The fraction of sp³-hybridized carbons (Fsp3) is 0.545. The molecule has 0 spiro atoms. The first kappa shape index (κ1) is 10.9. The van der Waals surface area contributed by atoms with E-state index in [0.29, 0.717) is 31.0 Å². The molecule has 1 aliphatic rings. The van der Waals surface area contributed by atoms with Gasteiger partial charge in [-0.1, -0.05) is 12.1 Å². The number of hydrogen-bond donors (Lipinski definition) is 0. The first-order valence-electron chi connectivity index (χ1n) is 5.33. The molecular weight excluding hydrogens is 208 g/mol. The van der Waals surface area contributed by atoms with E-state index >= 15 is 0 Å². The van der Waals surface area contributed by atoms with E-state index < -0.39 is 0 Å². The van der Waals surface area contributed by atoms with Gasteiger partial charge in [0.2, 0.25) is 0 Å². The van der Waals surface area contributed by atoms with Crippen LogP contribution in [0.5, 0.6) is 0 Å². The van der Waals surface area contributed by atoms with Gasteiger partial charge in [-0.05, 0) is 6.92 Å². The standard InChI is InChI=1S/C11H14N2O3/c1-7-6-13(4-3-10(7)14)11(15)9-5-8(2)16-12-9/h5,7H,3-4,6H2,1-2H3. The molecule has 2 heterocycles. The molecule has 0 aliphatic carbocycles. The molecule has 1 aromatic heterocycles. The molecule has 0 aromatic carbocycles. The monoisotopic (exact) mass is 222 g/mol. The maximum atomic E-state index is 12.0. The molecule has 2 rings (SSSR count). The van der Waals surface area contributed by atoms with Crippen molar-refractivity contribution < 1.29 is 14.1 Å². The summed E-state index contributed by atoms with van der Waals surface area (Å²) in [5.41, 5.74) is 0.319. The van der Waals surface area contributed by atoms with Crippen molar-refractivity contribution in [2.24, 2.45) is 5.92 Å². The van der Waals surface area contributed by atoms with Crippen LogP contribution in [-0.2, 0) is 4.79 Å². The zero-order chi connectivity index (χ0) is 11.7. The summed E-state index contributed by atoms with van der Waals surface area (Å²) in [5.74, 6) is 0.603. The highest BCUT2D eigenvalue weighted by molar-refractivity contribution is 5.94. The third kappa shape index (κ3) is 1.98. The summed E-state index contributed by atoms with van der Waals surface area (Å²) in [6.45, 7) is 4.54. The van der Waals surface area contributed by atoms with Gasteiger partial charge in [-0.2, -0.15) is 0 Å². The van der Waals surface area contributed by atoms with Gasteiger partial charge in [0, 0.05) is 31.5 Å². The lowest BCUT2D eigenvalue weighted by molar-refractivity contribution is -0.124. The first-order chi connectivity index (χ1) is 7.58. The third-order valence-corrected chi connectivity index (χ3v) is 2.81. The summed E-state index contributed by atoms with van der Waals surface area (Å²) >= 11 is 0. The van der Waals surface area contributed by atoms with Crippen molar-refractivity contribution in [3.8, 4) is 0 Å². The van der Waals surface area contributed by atoms with Gasteiger partial charge < -0.3 is 9.42 Å². The molecule has 1 aromatic rings. The highest BCUT2D eigenvalue weighted by Gasteiger charge is 2.28. The van der Waals surface area contributed by atoms with Crippen LogP contribution >= 0.6 is 0 Å². The third-order valence-electron chi connectivity index (χ3n) is 2.81. The van der Waals surface area contributed by atoms with E-state index in [-0.39, 0.29) is 17.6 Å². The minimum absolute atomic E-state index is 0.0781. The molecule has 1 unspecified atom stereocenters. The number of carbonyl (C=O) groups excluding carboxylic acids is 2. The Morgan fingerprint density at radius 1 is 1.62 bits per heavy atom. The lowest BCUT2D eigenvalue weighted by Gasteiger charge is -2.29. The number of rotatable bonds is 1. The number of Topliss-reactive ketones (excluding diaryl/α,β-unsaturated/α-hetero) is 1. The summed E-state index contributed by atoms with van der Waals surface area (Å²) in [4.78, 5) is 24.9. The van der Waals surface area contributed by atoms with Gasteiger partial charge in [-0.15, -0.1) is 0 Å². The molecule has 0 N–H and O–H groups in total. The number of likely N-dealkylation sites (tertiary alicyclic amines) is 1. The summed E-state index contributed by atoms with van der Waals surface area (Å²) in [6, 6.07) is 1.61. The zero-order valence-corrected chi connectivity index (χ0v) is 9.40. The molecule has 1 amide bonds. The molecule has 16 heavy (non-hydrogen) atoms. The van der Waals surface area contributed by atoms with E-state index in [1.54, 1.807) is 17.9 Å². The molecular formula is C11H14N2O3. The van der Waals surface area contributed by atoms with Crippen LogP contribution in [0.1, 0.15) is 29.6 Å². The van der Waals surface area contributed by atoms with Gasteiger partial charge >= 0.3 is 0 Å². The van der Waals surface area contributed by atoms with Gasteiger partial charge in [-0.25, -0.2) is 0 Å². The van der Waals surface area contributed by atoms with Crippen LogP contribution in [0.2, 0.25) is 0 Å². The Morgan fingerprint density at radius 3 is 2.94 bits per heavy atom. The summed E-state index contributed by atoms with van der Waals surface area (Å²) in [7, 11) is 0. The number of hydrogen-bond acceptors (Lipinski definition) is 4. The van der Waals surface area contributed by atoms with Crippen LogP contribution in [0.4, 0.5) is 0 Å². The van der Waals surface area contributed by atoms with Crippen LogP contribution in [0.3, 0.4) is 0 Å². The molecule has 5 heteroatoms. The number of carbonyl (C=O) groups is 2. The van der Waals surface area contributed by atoms with Crippen molar-refractivity contribution >= 4 is 11.7 Å². The highest BCUT2D eigenvalue weighted by Crippen LogP contribution is 2.15. The molecule has 0 radical (unpaired) electrons. The molecule has 5 nitrogen and oxygen atoms in total. The van der Waals surface area contributed by atoms with Gasteiger partial charge in [0.15, 0.2) is 5.69 Å². The number of nitrogens with zero attached hydrogens (tertiary/aromatic N) is 2. The number of piperidine rings is 1. The number of ketones is 1. The number of amides is 1. The molecule has 86 valence electrons. The van der Waals surface area contributed by atoms with E-state index in [1.807, 2.05) is 6.92 Å². The SMILES string of the molecule is Cc1cc(C(=O)N2CCC(=O)C(C)C2)no1. The van der Waals surface area contributed by atoms with Crippen LogP contribution in [0.25, 0.3) is 0 Å². The minimum Gasteiger partial charge on any atom is -0.361 e.